The number of aromatic nitrogens is 1. The number of ether oxygens (including phenoxy) is 1. The molecule has 3 rings (SSSR count). The molecule has 1 amide bonds. The molecule has 9 nitrogen and oxygen atoms in total. The lowest BCUT2D eigenvalue weighted by Gasteiger charge is -2.25. The fourth-order valence-electron chi connectivity index (χ4n) is 3.96. The first-order valence-electron chi connectivity index (χ1n) is 11.1. The Balaban J connectivity index is 1.88. The summed E-state index contributed by atoms with van der Waals surface area (Å²) < 4.78 is 52.4. The van der Waals surface area contributed by atoms with Gasteiger partial charge < -0.3 is 10.1 Å². The molecule has 0 aliphatic carbocycles. The van der Waals surface area contributed by atoms with E-state index in [1.54, 1.807) is 30.5 Å². The van der Waals surface area contributed by atoms with Crippen molar-refractivity contribution in [2.24, 2.45) is 5.92 Å². The Morgan fingerprint density at radius 2 is 1.81 bits per heavy atom. The molecule has 0 saturated heterocycles. The van der Waals surface area contributed by atoms with Gasteiger partial charge in [-0.2, -0.15) is 8.42 Å². The summed E-state index contributed by atoms with van der Waals surface area (Å²) in [6, 6.07) is 10.9. The van der Waals surface area contributed by atoms with Crippen LogP contribution in [-0.2, 0) is 42.1 Å². The number of hydrogen-bond acceptors (Lipinski definition) is 8. The number of carbonyl (C=O) groups excluding carboxylic acids is 3. The second kappa shape index (κ2) is 12.2. The molecule has 196 valence electrons. The van der Waals surface area contributed by atoms with Crippen molar-refractivity contribution in [2.45, 2.75) is 31.1 Å². The first-order chi connectivity index (χ1) is 17.5. The second-order valence-corrected chi connectivity index (χ2v) is 10.7. The Hall–Kier alpha value is -3.48. The molecule has 2 aromatic carbocycles. The lowest BCUT2D eigenvalue weighted by atomic mass is 9.92. The van der Waals surface area contributed by atoms with Crippen molar-refractivity contribution in [3.8, 4) is 10.6 Å². The number of thiazole rings is 1. The lowest BCUT2D eigenvalue weighted by Crippen LogP contribution is -2.51. The van der Waals surface area contributed by atoms with Gasteiger partial charge in [0, 0.05) is 23.6 Å². The van der Waals surface area contributed by atoms with E-state index in [0.29, 0.717) is 5.56 Å². The van der Waals surface area contributed by atoms with Crippen LogP contribution in [0.15, 0.2) is 60.1 Å². The van der Waals surface area contributed by atoms with Crippen LogP contribution in [0.5, 0.6) is 0 Å². The van der Waals surface area contributed by atoms with Crippen molar-refractivity contribution < 1.29 is 36.5 Å². The van der Waals surface area contributed by atoms with Gasteiger partial charge in [-0.15, -0.1) is 11.3 Å². The van der Waals surface area contributed by atoms with E-state index in [1.165, 1.54) is 23.5 Å². The van der Waals surface area contributed by atoms with E-state index in [1.807, 2.05) is 5.38 Å². The highest BCUT2D eigenvalue weighted by atomic mass is 32.2. The molecule has 0 aliphatic heterocycles. The average molecular weight is 549 g/mol. The van der Waals surface area contributed by atoms with Gasteiger partial charge in [0.2, 0.25) is 5.91 Å². The Kier molecular flexibility index (Phi) is 9.24. The predicted molar refractivity (Wildman–Crippen MR) is 135 cm³/mol. The number of halogens is 1. The number of methoxy groups -OCH3 is 1. The van der Waals surface area contributed by atoms with E-state index < -0.39 is 50.8 Å². The SMILES string of the molecule is COC(=O)C(Cc1ccc(-c2nccs2)cc1)NC(=O)C(Cc1cccc(F)c1)C(C(C)=O)S(=O)(=O)O. The minimum atomic E-state index is -5.01. The molecular formula is C25H25FN2O7S2. The number of nitrogens with one attached hydrogen (secondary N) is 1. The average Bonchev–Trinajstić information content (AvgIpc) is 3.37. The van der Waals surface area contributed by atoms with Gasteiger partial charge in [-0.1, -0.05) is 36.4 Å². The summed E-state index contributed by atoms with van der Waals surface area (Å²) in [7, 11) is -3.88. The number of amides is 1. The Morgan fingerprint density at radius 1 is 1.11 bits per heavy atom. The molecule has 0 spiro atoms. The third-order valence-corrected chi connectivity index (χ3v) is 7.77. The highest BCUT2D eigenvalue weighted by molar-refractivity contribution is 7.87. The van der Waals surface area contributed by atoms with Crippen molar-refractivity contribution in [3.05, 3.63) is 77.1 Å². The van der Waals surface area contributed by atoms with Gasteiger partial charge in [0.1, 0.15) is 16.9 Å². The number of Topliss-reactive ketones (excluding diaryl/α,β-unsaturated/α-hetero) is 1. The topological polar surface area (TPSA) is 140 Å². The summed E-state index contributed by atoms with van der Waals surface area (Å²) in [5, 5.41) is 2.99. The molecule has 1 aromatic heterocycles. The van der Waals surface area contributed by atoms with Crippen molar-refractivity contribution >= 4 is 39.1 Å². The third kappa shape index (κ3) is 7.51. The number of carbonyl (C=O) groups is 3. The summed E-state index contributed by atoms with van der Waals surface area (Å²) >= 11 is 1.46. The fraction of sp³-hybridized carbons (Fsp3) is 0.280. The van der Waals surface area contributed by atoms with E-state index >= 15 is 0 Å². The summed E-state index contributed by atoms with van der Waals surface area (Å²) in [5.41, 5.74) is 1.75. The minimum absolute atomic E-state index is 0.000138. The van der Waals surface area contributed by atoms with Crippen LogP contribution in [0.25, 0.3) is 10.6 Å². The zero-order chi connectivity index (χ0) is 27.2. The number of nitrogens with zero attached hydrogens (tertiary/aromatic N) is 1. The number of benzene rings is 2. The predicted octanol–water partition coefficient (Wildman–Crippen LogP) is 2.85. The van der Waals surface area contributed by atoms with Gasteiger partial charge >= 0.3 is 5.97 Å². The number of esters is 1. The largest absolute Gasteiger partial charge is 0.467 e. The van der Waals surface area contributed by atoms with E-state index in [4.69, 9.17) is 4.74 Å². The van der Waals surface area contributed by atoms with Crippen LogP contribution in [-0.4, -0.2) is 54.0 Å². The Morgan fingerprint density at radius 3 is 2.35 bits per heavy atom. The molecule has 12 heteroatoms. The molecule has 0 bridgehead atoms. The van der Waals surface area contributed by atoms with E-state index in [2.05, 4.69) is 10.3 Å². The molecule has 3 aromatic rings. The van der Waals surface area contributed by atoms with Crippen molar-refractivity contribution in [3.63, 3.8) is 0 Å². The van der Waals surface area contributed by atoms with Crippen LogP contribution in [0.2, 0.25) is 0 Å². The summed E-state index contributed by atoms with van der Waals surface area (Å²) in [6.45, 7) is 0.923. The maximum atomic E-state index is 13.7. The van der Waals surface area contributed by atoms with E-state index in [9.17, 15) is 31.7 Å². The van der Waals surface area contributed by atoms with Crippen molar-refractivity contribution in [2.75, 3.05) is 7.11 Å². The molecule has 1 heterocycles. The van der Waals surface area contributed by atoms with Gasteiger partial charge in [0.05, 0.1) is 13.0 Å². The van der Waals surface area contributed by atoms with Crippen LogP contribution >= 0.6 is 11.3 Å². The Labute approximate surface area is 217 Å². The van der Waals surface area contributed by atoms with Gasteiger partial charge in [0.25, 0.3) is 10.1 Å². The van der Waals surface area contributed by atoms with Crippen molar-refractivity contribution in [1.82, 2.24) is 10.3 Å². The van der Waals surface area contributed by atoms with Crippen LogP contribution < -0.4 is 5.32 Å². The smallest absolute Gasteiger partial charge is 0.328 e. The van der Waals surface area contributed by atoms with Gasteiger partial charge in [-0.05, 0) is 36.6 Å². The summed E-state index contributed by atoms with van der Waals surface area (Å²) in [4.78, 5) is 42.2. The second-order valence-electron chi connectivity index (χ2n) is 8.31. The molecule has 0 aliphatic rings. The third-order valence-electron chi connectivity index (χ3n) is 5.64. The maximum Gasteiger partial charge on any atom is 0.328 e. The molecule has 0 radical (unpaired) electrons. The zero-order valence-corrected chi connectivity index (χ0v) is 21.6. The summed E-state index contributed by atoms with van der Waals surface area (Å²) in [5.74, 6) is -5.04. The van der Waals surface area contributed by atoms with E-state index in [0.717, 1.165) is 36.7 Å². The molecule has 0 saturated carbocycles. The van der Waals surface area contributed by atoms with Gasteiger partial charge in [0.15, 0.2) is 11.0 Å². The summed E-state index contributed by atoms with van der Waals surface area (Å²) in [6.07, 6.45) is 1.29. The van der Waals surface area contributed by atoms with Crippen LogP contribution in [0.4, 0.5) is 4.39 Å². The highest BCUT2D eigenvalue weighted by Crippen LogP contribution is 2.23. The monoisotopic (exact) mass is 548 g/mol. The highest BCUT2D eigenvalue weighted by Gasteiger charge is 2.41. The molecular weight excluding hydrogens is 523 g/mol. The lowest BCUT2D eigenvalue weighted by molar-refractivity contribution is -0.145. The van der Waals surface area contributed by atoms with Crippen molar-refractivity contribution in [1.29, 1.82) is 0 Å². The normalized spacial score (nSPS) is 13.8. The molecule has 0 fully saturated rings. The van der Waals surface area contributed by atoms with E-state index in [-0.39, 0.29) is 18.4 Å². The van der Waals surface area contributed by atoms with Gasteiger partial charge in [-0.25, -0.2) is 14.2 Å². The van der Waals surface area contributed by atoms with Crippen LogP contribution in [0.3, 0.4) is 0 Å². The molecule has 3 unspecified atom stereocenters. The van der Waals surface area contributed by atoms with Crippen LogP contribution in [0, 0.1) is 11.7 Å². The van der Waals surface area contributed by atoms with Crippen LogP contribution in [0.1, 0.15) is 18.1 Å². The Bertz CT molecular complexity index is 1360. The van der Waals surface area contributed by atoms with Gasteiger partial charge in [-0.3, -0.25) is 14.1 Å². The number of ketones is 1. The standard InChI is InChI=1S/C25H25FN2O7S2/c1-15(29)22(37(32,33)34)20(13-17-4-3-5-19(26)12-17)23(30)28-21(25(31)35-2)14-16-6-8-18(9-7-16)24-27-10-11-36-24/h3-12,20-22H,13-14H2,1-2H3,(H,28,30)(H,32,33,34). The quantitative estimate of drug-likeness (QED) is 0.275. The molecule has 37 heavy (non-hydrogen) atoms. The number of rotatable bonds is 11. The molecule has 3 atom stereocenters. The first-order valence-corrected chi connectivity index (χ1v) is 13.5. The first kappa shape index (κ1) is 28.1. The molecule has 2 N–H and O–H groups in total. The fourth-order valence-corrected chi connectivity index (χ4v) is 5.65. The maximum absolute atomic E-state index is 13.7. The zero-order valence-electron chi connectivity index (χ0n) is 20.0. The number of hydrogen-bond donors (Lipinski definition) is 2. The minimum Gasteiger partial charge on any atom is -0.467 e.